The molecular formula is C21H24N2O2. The third-order valence-electron chi connectivity index (χ3n) is 4.53. The van der Waals surface area contributed by atoms with Crippen LogP contribution < -0.4 is 10.2 Å². The minimum Gasteiger partial charge on any atom is -0.348 e. The van der Waals surface area contributed by atoms with Gasteiger partial charge in [-0.25, -0.2) is 0 Å². The second kappa shape index (κ2) is 7.97. The molecule has 2 amide bonds. The molecule has 1 fully saturated rings. The van der Waals surface area contributed by atoms with E-state index in [1.807, 2.05) is 53.4 Å². The Morgan fingerprint density at radius 3 is 2.32 bits per heavy atom. The molecule has 1 aliphatic rings. The van der Waals surface area contributed by atoms with Gasteiger partial charge in [-0.05, 0) is 48.2 Å². The minimum atomic E-state index is -0.0677. The molecule has 0 aromatic heterocycles. The molecule has 0 bridgehead atoms. The van der Waals surface area contributed by atoms with Crippen molar-refractivity contribution in [2.45, 2.75) is 39.2 Å². The number of hydrogen-bond donors (Lipinski definition) is 1. The number of hydrogen-bond acceptors (Lipinski definition) is 2. The lowest BCUT2D eigenvalue weighted by atomic mass is 10.1. The zero-order valence-electron chi connectivity index (χ0n) is 14.6. The van der Waals surface area contributed by atoms with E-state index in [1.54, 1.807) is 0 Å². The van der Waals surface area contributed by atoms with Crippen molar-refractivity contribution < 1.29 is 9.59 Å². The van der Waals surface area contributed by atoms with Gasteiger partial charge in [0.15, 0.2) is 0 Å². The van der Waals surface area contributed by atoms with Crippen molar-refractivity contribution in [3.05, 3.63) is 65.2 Å². The van der Waals surface area contributed by atoms with Gasteiger partial charge in [0.25, 0.3) is 5.91 Å². The lowest BCUT2D eigenvalue weighted by Gasteiger charge is -2.16. The Bertz CT molecular complexity index is 735. The summed E-state index contributed by atoms with van der Waals surface area (Å²) in [6, 6.07) is 15.6. The van der Waals surface area contributed by atoms with Crippen molar-refractivity contribution in [3.8, 4) is 0 Å². The van der Waals surface area contributed by atoms with Crippen molar-refractivity contribution in [3.63, 3.8) is 0 Å². The zero-order chi connectivity index (χ0) is 17.6. The third-order valence-corrected chi connectivity index (χ3v) is 4.53. The highest BCUT2D eigenvalue weighted by molar-refractivity contribution is 5.95. The summed E-state index contributed by atoms with van der Waals surface area (Å²) in [7, 11) is 0. The molecule has 1 N–H and O–H groups in total. The van der Waals surface area contributed by atoms with Gasteiger partial charge in [0.05, 0.1) is 0 Å². The van der Waals surface area contributed by atoms with Crippen LogP contribution in [0.5, 0.6) is 0 Å². The molecule has 4 heteroatoms. The fourth-order valence-corrected chi connectivity index (χ4v) is 3.11. The Morgan fingerprint density at radius 2 is 1.72 bits per heavy atom. The van der Waals surface area contributed by atoms with E-state index in [2.05, 4.69) is 12.2 Å². The lowest BCUT2D eigenvalue weighted by molar-refractivity contribution is -0.117. The second-order valence-electron chi connectivity index (χ2n) is 6.44. The minimum absolute atomic E-state index is 0.0677. The van der Waals surface area contributed by atoms with Gasteiger partial charge in [0, 0.05) is 30.8 Å². The summed E-state index contributed by atoms with van der Waals surface area (Å²) in [6.45, 7) is 3.41. The van der Waals surface area contributed by atoms with E-state index in [0.29, 0.717) is 18.5 Å². The summed E-state index contributed by atoms with van der Waals surface area (Å²) in [4.78, 5) is 25.8. The first kappa shape index (κ1) is 17.2. The molecule has 1 heterocycles. The number of rotatable bonds is 6. The zero-order valence-corrected chi connectivity index (χ0v) is 14.6. The van der Waals surface area contributed by atoms with Crippen LogP contribution in [0.25, 0.3) is 0 Å². The highest BCUT2D eigenvalue weighted by Crippen LogP contribution is 2.21. The molecule has 3 rings (SSSR count). The Hall–Kier alpha value is -2.62. The van der Waals surface area contributed by atoms with Crippen LogP contribution in [0.3, 0.4) is 0 Å². The highest BCUT2D eigenvalue weighted by atomic mass is 16.2. The molecule has 0 atom stereocenters. The van der Waals surface area contributed by atoms with E-state index in [1.165, 1.54) is 5.56 Å². The molecule has 0 spiro atoms. The van der Waals surface area contributed by atoms with Crippen molar-refractivity contribution >= 4 is 17.5 Å². The van der Waals surface area contributed by atoms with Crippen LogP contribution in [0.15, 0.2) is 48.5 Å². The summed E-state index contributed by atoms with van der Waals surface area (Å²) in [5.41, 5.74) is 3.89. The van der Waals surface area contributed by atoms with Gasteiger partial charge in [-0.1, -0.05) is 37.6 Å². The van der Waals surface area contributed by atoms with Gasteiger partial charge < -0.3 is 10.2 Å². The lowest BCUT2D eigenvalue weighted by Crippen LogP contribution is -2.24. The van der Waals surface area contributed by atoms with Gasteiger partial charge in [0.1, 0.15) is 0 Å². The molecule has 0 unspecified atom stereocenters. The molecule has 130 valence electrons. The number of carbonyl (C=O) groups is 2. The first-order valence-electron chi connectivity index (χ1n) is 8.94. The summed E-state index contributed by atoms with van der Waals surface area (Å²) in [5, 5.41) is 2.95. The molecular weight excluding hydrogens is 312 g/mol. The van der Waals surface area contributed by atoms with Crippen molar-refractivity contribution in [1.82, 2.24) is 5.32 Å². The predicted octanol–water partition coefficient (Wildman–Crippen LogP) is 3.70. The Balaban J connectivity index is 1.55. The largest absolute Gasteiger partial charge is 0.348 e. The normalized spacial score (nSPS) is 14.0. The maximum atomic E-state index is 12.2. The van der Waals surface area contributed by atoms with Gasteiger partial charge in [0.2, 0.25) is 5.91 Å². The molecule has 2 aromatic carbocycles. The van der Waals surface area contributed by atoms with Crippen molar-refractivity contribution in [2.75, 3.05) is 11.4 Å². The van der Waals surface area contributed by atoms with Gasteiger partial charge in [-0.2, -0.15) is 0 Å². The molecule has 2 aromatic rings. The Kier molecular flexibility index (Phi) is 5.49. The van der Waals surface area contributed by atoms with Gasteiger partial charge in [-0.3, -0.25) is 9.59 Å². The molecule has 25 heavy (non-hydrogen) atoms. The maximum absolute atomic E-state index is 12.2. The number of anilines is 1. The monoisotopic (exact) mass is 336 g/mol. The number of carbonyl (C=O) groups excluding carboxylic acids is 2. The number of amides is 2. The topological polar surface area (TPSA) is 49.4 Å². The van der Waals surface area contributed by atoms with E-state index < -0.39 is 0 Å². The molecule has 4 nitrogen and oxygen atoms in total. The third kappa shape index (κ3) is 4.27. The first-order chi connectivity index (χ1) is 12.2. The Labute approximate surface area is 148 Å². The summed E-state index contributed by atoms with van der Waals surface area (Å²) < 4.78 is 0. The van der Waals surface area contributed by atoms with Crippen LogP contribution in [0.2, 0.25) is 0 Å². The number of benzene rings is 2. The maximum Gasteiger partial charge on any atom is 0.251 e. The molecule has 0 radical (unpaired) electrons. The molecule has 1 saturated heterocycles. The molecule has 1 aliphatic heterocycles. The summed E-state index contributed by atoms with van der Waals surface area (Å²) in [6.07, 6.45) is 3.70. The SMILES string of the molecule is CCCc1ccc(C(=O)NCc2ccc(N3CCCC3=O)cc2)cc1. The fourth-order valence-electron chi connectivity index (χ4n) is 3.11. The van der Waals surface area contributed by atoms with Crippen LogP contribution in [0.1, 0.15) is 47.7 Å². The Morgan fingerprint density at radius 1 is 1.04 bits per heavy atom. The number of nitrogens with one attached hydrogen (secondary N) is 1. The molecule has 0 aliphatic carbocycles. The fraction of sp³-hybridized carbons (Fsp3) is 0.333. The summed E-state index contributed by atoms with van der Waals surface area (Å²) in [5.74, 6) is 0.120. The van der Waals surface area contributed by atoms with E-state index in [-0.39, 0.29) is 11.8 Å². The van der Waals surface area contributed by atoms with E-state index in [0.717, 1.165) is 37.1 Å². The second-order valence-corrected chi connectivity index (χ2v) is 6.44. The van der Waals surface area contributed by atoms with Crippen molar-refractivity contribution in [1.29, 1.82) is 0 Å². The van der Waals surface area contributed by atoms with Crippen LogP contribution in [0.4, 0.5) is 5.69 Å². The smallest absolute Gasteiger partial charge is 0.251 e. The highest BCUT2D eigenvalue weighted by Gasteiger charge is 2.21. The standard InChI is InChI=1S/C21H24N2O2/c1-2-4-16-6-10-18(11-7-16)21(25)22-15-17-8-12-19(13-9-17)23-14-3-5-20(23)24/h6-13H,2-5,14-15H2,1H3,(H,22,25). The quantitative estimate of drug-likeness (QED) is 0.874. The van der Waals surface area contributed by atoms with E-state index >= 15 is 0 Å². The van der Waals surface area contributed by atoms with Crippen LogP contribution in [-0.2, 0) is 17.8 Å². The predicted molar refractivity (Wildman–Crippen MR) is 99.6 cm³/mol. The van der Waals surface area contributed by atoms with Crippen LogP contribution in [0, 0.1) is 0 Å². The van der Waals surface area contributed by atoms with Crippen molar-refractivity contribution in [2.24, 2.45) is 0 Å². The van der Waals surface area contributed by atoms with Gasteiger partial charge >= 0.3 is 0 Å². The molecule has 0 saturated carbocycles. The summed E-state index contributed by atoms with van der Waals surface area (Å²) >= 11 is 0. The average molecular weight is 336 g/mol. The first-order valence-corrected chi connectivity index (χ1v) is 8.94. The van der Waals surface area contributed by atoms with Crippen LogP contribution in [-0.4, -0.2) is 18.4 Å². The van der Waals surface area contributed by atoms with E-state index in [4.69, 9.17) is 0 Å². The number of nitrogens with zero attached hydrogens (tertiary/aromatic N) is 1. The average Bonchev–Trinajstić information content (AvgIpc) is 3.07. The van der Waals surface area contributed by atoms with Crippen LogP contribution >= 0.6 is 0 Å². The van der Waals surface area contributed by atoms with Gasteiger partial charge in [-0.15, -0.1) is 0 Å². The van der Waals surface area contributed by atoms with E-state index in [9.17, 15) is 9.59 Å². The number of aryl methyl sites for hydroxylation is 1.